The molecule has 3 aromatic heterocycles. The summed E-state index contributed by atoms with van der Waals surface area (Å²) in [7, 11) is 0.361. The van der Waals surface area contributed by atoms with Crippen molar-refractivity contribution < 1.29 is 13.4 Å². The number of carbonyl (C=O) groups excluding carboxylic acids is 1. The topological polar surface area (TPSA) is 98.8 Å². The molecular formula is C29H27ClFN7O2S. The molecule has 210 valence electrons. The van der Waals surface area contributed by atoms with Crippen molar-refractivity contribution in [2.75, 3.05) is 0 Å². The number of rotatable bonds is 7. The smallest absolute Gasteiger partial charge is 0.210 e. The summed E-state index contributed by atoms with van der Waals surface area (Å²) in [6.07, 6.45) is 12.7. The molecule has 9 nitrogen and oxygen atoms in total. The van der Waals surface area contributed by atoms with Crippen molar-refractivity contribution in [1.82, 2.24) is 33.8 Å². The van der Waals surface area contributed by atoms with Crippen LogP contribution in [0.15, 0.2) is 65.7 Å². The molecule has 3 aliphatic carbocycles. The molecule has 0 amide bonds. The normalized spacial score (nSPS) is 22.6. The number of Topliss-reactive ketones (excluding diaryl/α,β-unsaturated/α-hetero) is 1. The Hall–Kier alpha value is -3.54. The van der Waals surface area contributed by atoms with Crippen LogP contribution in [0.3, 0.4) is 0 Å². The zero-order valence-electron chi connectivity index (χ0n) is 22.3. The van der Waals surface area contributed by atoms with Gasteiger partial charge in [0.15, 0.2) is 10.9 Å². The van der Waals surface area contributed by atoms with Gasteiger partial charge in [0, 0.05) is 37.7 Å². The van der Waals surface area contributed by atoms with Gasteiger partial charge in [-0.3, -0.25) is 9.48 Å². The highest BCUT2D eigenvalue weighted by molar-refractivity contribution is 7.82. The van der Waals surface area contributed by atoms with Gasteiger partial charge in [0.2, 0.25) is 5.78 Å². The van der Waals surface area contributed by atoms with E-state index in [1.54, 1.807) is 40.0 Å². The first-order valence-electron chi connectivity index (χ1n) is 13.6. The maximum atomic E-state index is 14.4. The molecular weight excluding hydrogens is 565 g/mol. The quantitative estimate of drug-likeness (QED) is 0.288. The molecule has 1 aromatic carbocycles. The molecule has 3 heterocycles. The van der Waals surface area contributed by atoms with Gasteiger partial charge in [-0.05, 0) is 80.5 Å². The minimum absolute atomic E-state index is 0.104. The minimum atomic E-state index is -1.45. The number of nitrogens with zero attached hydrogens (tertiary/aromatic N) is 7. The summed E-state index contributed by atoms with van der Waals surface area (Å²) in [5, 5.41) is 9.91. The monoisotopic (exact) mass is 591 g/mol. The summed E-state index contributed by atoms with van der Waals surface area (Å²) in [5.74, 6) is -0.383. The van der Waals surface area contributed by atoms with Gasteiger partial charge in [-0.2, -0.15) is 10.2 Å². The van der Waals surface area contributed by atoms with E-state index >= 15 is 0 Å². The third-order valence-corrected chi connectivity index (χ3v) is 10.0. The number of ketones is 1. The predicted octanol–water partition coefficient (Wildman–Crippen LogP) is 4.74. The van der Waals surface area contributed by atoms with E-state index in [0.717, 1.165) is 41.8 Å². The van der Waals surface area contributed by atoms with Crippen LogP contribution in [0.5, 0.6) is 0 Å². The third-order valence-electron chi connectivity index (χ3n) is 8.29. The van der Waals surface area contributed by atoms with E-state index in [2.05, 4.69) is 30.5 Å². The molecule has 0 radical (unpaired) electrons. The fraction of sp³-hybridized carbons (Fsp3) is 0.345. The van der Waals surface area contributed by atoms with Gasteiger partial charge in [0.05, 0.1) is 28.0 Å². The molecule has 4 aromatic rings. The van der Waals surface area contributed by atoms with E-state index in [0.29, 0.717) is 29.3 Å². The number of hydrogen-bond donors (Lipinski definition) is 0. The van der Waals surface area contributed by atoms with Crippen LogP contribution >= 0.6 is 11.6 Å². The first-order chi connectivity index (χ1) is 19.8. The summed E-state index contributed by atoms with van der Waals surface area (Å²) >= 11 is 6.05. The van der Waals surface area contributed by atoms with Crippen molar-refractivity contribution in [3.05, 3.63) is 88.6 Å². The van der Waals surface area contributed by atoms with Crippen LogP contribution in [-0.4, -0.2) is 55.9 Å². The van der Waals surface area contributed by atoms with Crippen LogP contribution in [-0.2, 0) is 24.5 Å². The molecule has 41 heavy (non-hydrogen) atoms. The van der Waals surface area contributed by atoms with Crippen LogP contribution in [0.1, 0.15) is 54.0 Å². The number of fused-ring (bicyclic) bond motifs is 2. The Kier molecular flexibility index (Phi) is 6.48. The number of hydrogen-bond acceptors (Lipinski definition) is 6. The Bertz CT molecular complexity index is 1700. The fourth-order valence-corrected chi connectivity index (χ4v) is 7.85. The van der Waals surface area contributed by atoms with E-state index in [4.69, 9.17) is 11.6 Å². The maximum absolute atomic E-state index is 14.4. The highest BCUT2D eigenvalue weighted by Crippen LogP contribution is 2.52. The molecule has 0 spiro atoms. The lowest BCUT2D eigenvalue weighted by atomic mass is 9.60. The Balaban J connectivity index is 1.30. The number of carbonyl (C=O) groups is 1. The van der Waals surface area contributed by atoms with Crippen LogP contribution in [0.25, 0.3) is 11.8 Å². The van der Waals surface area contributed by atoms with Crippen molar-refractivity contribution in [3.63, 3.8) is 0 Å². The van der Waals surface area contributed by atoms with Crippen molar-refractivity contribution in [3.8, 4) is 5.69 Å². The molecule has 0 N–H and O–H groups in total. The number of benzene rings is 1. The van der Waals surface area contributed by atoms with Crippen molar-refractivity contribution in [2.24, 2.45) is 12.5 Å². The van der Waals surface area contributed by atoms with Gasteiger partial charge in [-0.1, -0.05) is 17.2 Å². The van der Waals surface area contributed by atoms with E-state index in [-0.39, 0.29) is 29.5 Å². The van der Waals surface area contributed by atoms with Crippen molar-refractivity contribution in [2.45, 2.75) is 55.6 Å². The van der Waals surface area contributed by atoms with E-state index in [1.807, 2.05) is 7.05 Å². The molecule has 0 saturated heterocycles. The minimum Gasteiger partial charge on any atom is -0.290 e. The van der Waals surface area contributed by atoms with E-state index in [1.165, 1.54) is 24.5 Å². The lowest BCUT2D eigenvalue weighted by Crippen LogP contribution is -2.50. The molecule has 3 atom stereocenters. The summed E-state index contributed by atoms with van der Waals surface area (Å²) in [4.78, 5) is 23.0. The Morgan fingerprint density at radius 2 is 1.85 bits per heavy atom. The molecule has 3 aliphatic rings. The standard InChI is InChI=1S/C29H27ClFN7O2S/c1-36-11-10-26(35-36)41(40)38(23-8-9-23)24-5-2-19-12-25-18(15-34-37(25)22-6-3-21(31)4-7-22)13-29(19,14-24)27(39)28-32-16-20(30)17-33-28/h3-4,6-7,10-12,15-17,23-24H,2,5,8-9,13-14H2,1H3. The second-order valence-corrected chi connectivity index (χ2v) is 12.8. The zero-order valence-corrected chi connectivity index (χ0v) is 23.9. The Morgan fingerprint density at radius 3 is 2.54 bits per heavy atom. The largest absolute Gasteiger partial charge is 0.290 e. The summed E-state index contributed by atoms with van der Waals surface area (Å²) < 4.78 is 33.0. The second-order valence-electron chi connectivity index (χ2n) is 11.0. The van der Waals surface area contributed by atoms with Gasteiger partial charge in [-0.15, -0.1) is 0 Å². The zero-order chi connectivity index (χ0) is 28.3. The molecule has 3 unspecified atom stereocenters. The van der Waals surface area contributed by atoms with Crippen LogP contribution in [0, 0.1) is 11.2 Å². The summed E-state index contributed by atoms with van der Waals surface area (Å²) in [5.41, 5.74) is 2.57. The number of halogens is 2. The van der Waals surface area contributed by atoms with Crippen molar-refractivity contribution >= 4 is 34.4 Å². The van der Waals surface area contributed by atoms with E-state index in [9.17, 15) is 13.4 Å². The lowest BCUT2D eigenvalue weighted by Gasteiger charge is -2.46. The highest BCUT2D eigenvalue weighted by Gasteiger charge is 2.53. The first kappa shape index (κ1) is 26.4. The number of allylic oxidation sites excluding steroid dienone is 1. The van der Waals surface area contributed by atoms with Gasteiger partial charge >= 0.3 is 0 Å². The molecule has 2 saturated carbocycles. The van der Waals surface area contributed by atoms with Crippen LogP contribution in [0.2, 0.25) is 5.02 Å². The number of aromatic nitrogens is 6. The first-order valence-corrected chi connectivity index (χ1v) is 15.1. The fourth-order valence-electron chi connectivity index (χ4n) is 6.23. The summed E-state index contributed by atoms with van der Waals surface area (Å²) in [6.45, 7) is 0. The highest BCUT2D eigenvalue weighted by atomic mass is 35.5. The molecule has 0 bridgehead atoms. The average Bonchev–Trinajstić information content (AvgIpc) is 3.57. The Labute approximate surface area is 243 Å². The summed E-state index contributed by atoms with van der Waals surface area (Å²) in [6, 6.07) is 8.06. The third kappa shape index (κ3) is 4.65. The average molecular weight is 592 g/mol. The van der Waals surface area contributed by atoms with Gasteiger partial charge in [-0.25, -0.2) is 27.6 Å². The van der Waals surface area contributed by atoms with Gasteiger partial charge in [0.1, 0.15) is 16.8 Å². The van der Waals surface area contributed by atoms with Crippen LogP contribution < -0.4 is 0 Å². The van der Waals surface area contributed by atoms with E-state index < -0.39 is 16.4 Å². The van der Waals surface area contributed by atoms with Crippen LogP contribution in [0.4, 0.5) is 4.39 Å². The second kappa shape index (κ2) is 10.1. The SMILES string of the molecule is Cn1ccc(S(=O)N(C2CC2)C2CCC3=Cc4c(cnn4-c4ccc(F)cc4)CC3(C(=O)c3ncc(Cl)cn3)C2)n1. The van der Waals surface area contributed by atoms with Gasteiger partial charge < -0.3 is 0 Å². The lowest BCUT2D eigenvalue weighted by molar-refractivity contribution is 0.0730. The molecule has 12 heteroatoms. The van der Waals surface area contributed by atoms with Crippen molar-refractivity contribution in [1.29, 1.82) is 0 Å². The van der Waals surface area contributed by atoms with Gasteiger partial charge in [0.25, 0.3) is 0 Å². The Morgan fingerprint density at radius 1 is 1.10 bits per heavy atom. The molecule has 7 rings (SSSR count). The molecule has 2 fully saturated rings. The molecule has 0 aliphatic heterocycles. The number of aryl methyl sites for hydroxylation is 1. The maximum Gasteiger partial charge on any atom is 0.210 e. The predicted molar refractivity (Wildman–Crippen MR) is 151 cm³/mol.